The summed E-state index contributed by atoms with van der Waals surface area (Å²) >= 11 is 2.15. The van der Waals surface area contributed by atoms with Gasteiger partial charge in [0.2, 0.25) is 0 Å². The molecule has 1 aliphatic heterocycles. The Labute approximate surface area is 98.1 Å². The third kappa shape index (κ3) is 3.53. The van der Waals surface area contributed by atoms with Crippen molar-refractivity contribution < 1.29 is 0 Å². The summed E-state index contributed by atoms with van der Waals surface area (Å²) in [4.78, 5) is 0. The van der Waals surface area contributed by atoms with E-state index in [1.54, 1.807) is 0 Å². The highest BCUT2D eigenvalue weighted by Gasteiger charge is 2.28. The van der Waals surface area contributed by atoms with Crippen LogP contribution in [0.25, 0.3) is 0 Å². The van der Waals surface area contributed by atoms with Crippen molar-refractivity contribution in [3.63, 3.8) is 0 Å². The molecule has 0 spiro atoms. The second-order valence-electron chi connectivity index (χ2n) is 5.18. The average Bonchev–Trinajstić information content (AvgIpc) is 2.67. The van der Waals surface area contributed by atoms with Gasteiger partial charge in [-0.25, -0.2) is 0 Å². The lowest BCUT2D eigenvalue weighted by Crippen LogP contribution is -2.35. The first-order valence-corrected chi connectivity index (χ1v) is 7.27. The van der Waals surface area contributed by atoms with Crippen LogP contribution in [0.5, 0.6) is 0 Å². The summed E-state index contributed by atoms with van der Waals surface area (Å²) in [7, 11) is 0. The lowest BCUT2D eigenvalue weighted by Gasteiger charge is -2.25. The second-order valence-corrected chi connectivity index (χ2v) is 6.87. The number of allylic oxidation sites excluding steroid dienone is 2. The van der Waals surface area contributed by atoms with Gasteiger partial charge >= 0.3 is 0 Å². The Balaban J connectivity index is 1.63. The molecule has 0 saturated carbocycles. The number of hydrogen-bond acceptors (Lipinski definition) is 2. The molecule has 1 saturated heterocycles. The molecular formula is C13H23NS. The van der Waals surface area contributed by atoms with Crippen LogP contribution in [0.4, 0.5) is 0 Å². The van der Waals surface area contributed by atoms with E-state index < -0.39 is 0 Å². The van der Waals surface area contributed by atoms with E-state index in [0.717, 1.165) is 5.92 Å². The van der Waals surface area contributed by atoms with E-state index >= 15 is 0 Å². The monoisotopic (exact) mass is 225 g/mol. The van der Waals surface area contributed by atoms with Crippen molar-refractivity contribution in [2.75, 3.05) is 18.8 Å². The fourth-order valence-corrected chi connectivity index (χ4v) is 3.83. The van der Waals surface area contributed by atoms with E-state index in [2.05, 4.69) is 36.2 Å². The molecule has 2 aliphatic rings. The van der Waals surface area contributed by atoms with Gasteiger partial charge in [-0.1, -0.05) is 12.2 Å². The van der Waals surface area contributed by atoms with Crippen LogP contribution in [0.2, 0.25) is 0 Å². The molecule has 0 amide bonds. The first kappa shape index (κ1) is 11.5. The van der Waals surface area contributed by atoms with Gasteiger partial charge in [-0.2, -0.15) is 11.8 Å². The summed E-state index contributed by atoms with van der Waals surface area (Å²) in [5.74, 6) is 2.26. The molecule has 1 heterocycles. The molecule has 2 unspecified atom stereocenters. The van der Waals surface area contributed by atoms with Crippen molar-refractivity contribution in [1.29, 1.82) is 0 Å². The maximum Gasteiger partial charge on any atom is 0.0256 e. The Morgan fingerprint density at radius 1 is 1.47 bits per heavy atom. The Morgan fingerprint density at radius 2 is 2.40 bits per heavy atom. The predicted molar refractivity (Wildman–Crippen MR) is 69.4 cm³/mol. The smallest absolute Gasteiger partial charge is 0.0256 e. The Hall–Kier alpha value is 0.0500. The fourth-order valence-electron chi connectivity index (χ4n) is 2.56. The SMILES string of the molecule is CC1(CNCC2CC=CCC2)CCCS1. The third-order valence-corrected chi connectivity index (χ3v) is 5.15. The molecule has 2 heteroatoms. The van der Waals surface area contributed by atoms with Gasteiger partial charge in [-0.15, -0.1) is 0 Å². The summed E-state index contributed by atoms with van der Waals surface area (Å²) in [6.45, 7) is 4.84. The molecule has 1 N–H and O–H groups in total. The molecule has 1 nitrogen and oxygen atoms in total. The quantitative estimate of drug-likeness (QED) is 0.737. The summed E-state index contributed by atoms with van der Waals surface area (Å²) in [6, 6.07) is 0. The van der Waals surface area contributed by atoms with Crippen LogP contribution in [-0.4, -0.2) is 23.6 Å². The van der Waals surface area contributed by atoms with Crippen molar-refractivity contribution in [3.05, 3.63) is 12.2 Å². The van der Waals surface area contributed by atoms with Gasteiger partial charge in [0.05, 0.1) is 0 Å². The summed E-state index contributed by atoms with van der Waals surface area (Å²) in [5, 5.41) is 3.68. The third-order valence-electron chi connectivity index (χ3n) is 3.61. The fraction of sp³-hybridized carbons (Fsp3) is 0.846. The van der Waals surface area contributed by atoms with Crippen LogP contribution in [0.15, 0.2) is 12.2 Å². The van der Waals surface area contributed by atoms with Crippen molar-refractivity contribution in [1.82, 2.24) is 5.32 Å². The maximum atomic E-state index is 3.68. The zero-order chi connectivity index (χ0) is 10.6. The Morgan fingerprint density at radius 3 is 3.07 bits per heavy atom. The highest BCUT2D eigenvalue weighted by Crippen LogP contribution is 2.37. The molecule has 1 fully saturated rings. The van der Waals surface area contributed by atoms with Crippen molar-refractivity contribution in [3.8, 4) is 0 Å². The van der Waals surface area contributed by atoms with E-state index in [-0.39, 0.29) is 0 Å². The highest BCUT2D eigenvalue weighted by molar-refractivity contribution is 8.00. The van der Waals surface area contributed by atoms with E-state index in [4.69, 9.17) is 0 Å². The zero-order valence-corrected chi connectivity index (χ0v) is 10.6. The van der Waals surface area contributed by atoms with E-state index in [0.29, 0.717) is 4.75 Å². The van der Waals surface area contributed by atoms with Crippen LogP contribution < -0.4 is 5.32 Å². The molecule has 2 atom stereocenters. The van der Waals surface area contributed by atoms with Gasteiger partial charge in [-0.05, 0) is 57.2 Å². The van der Waals surface area contributed by atoms with E-state index in [1.165, 1.54) is 50.9 Å². The number of nitrogens with one attached hydrogen (secondary N) is 1. The predicted octanol–water partition coefficient (Wildman–Crippen LogP) is 3.22. The van der Waals surface area contributed by atoms with E-state index in [1.807, 2.05) is 0 Å². The van der Waals surface area contributed by atoms with Gasteiger partial charge in [0.15, 0.2) is 0 Å². The Kier molecular flexibility index (Phi) is 4.15. The molecule has 86 valence electrons. The minimum atomic E-state index is 0.532. The van der Waals surface area contributed by atoms with Crippen molar-refractivity contribution in [2.45, 2.75) is 43.8 Å². The highest BCUT2D eigenvalue weighted by atomic mass is 32.2. The zero-order valence-electron chi connectivity index (χ0n) is 9.80. The molecule has 0 radical (unpaired) electrons. The van der Waals surface area contributed by atoms with Gasteiger partial charge in [0.25, 0.3) is 0 Å². The lowest BCUT2D eigenvalue weighted by molar-refractivity contribution is 0.423. The van der Waals surface area contributed by atoms with Crippen molar-refractivity contribution in [2.24, 2.45) is 5.92 Å². The van der Waals surface area contributed by atoms with Gasteiger partial charge < -0.3 is 5.32 Å². The standard InChI is InChI=1S/C13H23NS/c1-13(8-5-9-15-13)11-14-10-12-6-3-2-4-7-12/h2-3,12,14H,4-11H2,1H3. The average molecular weight is 225 g/mol. The number of rotatable bonds is 4. The lowest BCUT2D eigenvalue weighted by atomic mass is 9.94. The number of hydrogen-bond donors (Lipinski definition) is 1. The molecule has 1 aliphatic carbocycles. The molecule has 0 bridgehead atoms. The molecular weight excluding hydrogens is 202 g/mol. The van der Waals surface area contributed by atoms with E-state index in [9.17, 15) is 0 Å². The van der Waals surface area contributed by atoms with Gasteiger partial charge in [0, 0.05) is 11.3 Å². The van der Waals surface area contributed by atoms with Crippen LogP contribution in [-0.2, 0) is 0 Å². The summed E-state index contributed by atoms with van der Waals surface area (Å²) in [6.07, 6.45) is 11.4. The number of thioether (sulfide) groups is 1. The normalized spacial score (nSPS) is 35.9. The summed E-state index contributed by atoms with van der Waals surface area (Å²) in [5.41, 5.74) is 0. The minimum absolute atomic E-state index is 0.532. The first-order valence-electron chi connectivity index (χ1n) is 6.28. The molecule has 0 aromatic rings. The Bertz CT molecular complexity index is 219. The van der Waals surface area contributed by atoms with Crippen molar-refractivity contribution >= 4 is 11.8 Å². The van der Waals surface area contributed by atoms with Crippen LogP contribution in [0.3, 0.4) is 0 Å². The molecule has 2 rings (SSSR count). The first-order chi connectivity index (χ1) is 7.29. The van der Waals surface area contributed by atoms with Crippen LogP contribution in [0.1, 0.15) is 39.0 Å². The van der Waals surface area contributed by atoms with Crippen LogP contribution in [0, 0.1) is 5.92 Å². The topological polar surface area (TPSA) is 12.0 Å². The molecule has 0 aromatic carbocycles. The maximum absolute atomic E-state index is 3.68. The molecule has 0 aromatic heterocycles. The largest absolute Gasteiger partial charge is 0.315 e. The summed E-state index contributed by atoms with van der Waals surface area (Å²) < 4.78 is 0.532. The molecule has 15 heavy (non-hydrogen) atoms. The van der Waals surface area contributed by atoms with Gasteiger partial charge in [0.1, 0.15) is 0 Å². The van der Waals surface area contributed by atoms with Crippen LogP contribution >= 0.6 is 11.8 Å². The minimum Gasteiger partial charge on any atom is -0.315 e. The second kappa shape index (κ2) is 5.40. The van der Waals surface area contributed by atoms with Gasteiger partial charge in [-0.3, -0.25) is 0 Å².